The zero-order chi connectivity index (χ0) is 21.0. The maximum absolute atomic E-state index is 12.9. The molecule has 1 aromatic heterocycles. The zero-order valence-corrected chi connectivity index (χ0v) is 17.7. The van der Waals surface area contributed by atoms with Gasteiger partial charge in [-0.05, 0) is 44.1 Å². The van der Waals surface area contributed by atoms with E-state index in [-0.39, 0.29) is 11.3 Å². The van der Waals surface area contributed by atoms with Gasteiger partial charge in [-0.2, -0.15) is 0 Å². The molecular weight excluding hydrogens is 388 g/mol. The maximum atomic E-state index is 12.9. The van der Waals surface area contributed by atoms with Gasteiger partial charge in [0.15, 0.2) is 0 Å². The highest BCUT2D eigenvalue weighted by Gasteiger charge is 2.46. The predicted molar refractivity (Wildman–Crippen MR) is 114 cm³/mol. The predicted octanol–water partition coefficient (Wildman–Crippen LogP) is 3.52. The first-order chi connectivity index (χ1) is 13.9. The van der Waals surface area contributed by atoms with Gasteiger partial charge in [0.05, 0.1) is 18.2 Å². The van der Waals surface area contributed by atoms with Crippen LogP contribution in [0.3, 0.4) is 0 Å². The van der Waals surface area contributed by atoms with Crippen LogP contribution >= 0.6 is 11.3 Å². The van der Waals surface area contributed by atoms with E-state index in [1.54, 1.807) is 29.2 Å². The Morgan fingerprint density at radius 1 is 1.24 bits per heavy atom. The molecule has 1 aliphatic rings. The summed E-state index contributed by atoms with van der Waals surface area (Å²) in [6.07, 6.45) is 0.867. The first kappa shape index (κ1) is 21.1. The van der Waals surface area contributed by atoms with E-state index in [0.717, 1.165) is 11.3 Å². The summed E-state index contributed by atoms with van der Waals surface area (Å²) >= 11 is 1.46. The van der Waals surface area contributed by atoms with Crippen LogP contribution in [0, 0.1) is 0 Å². The highest BCUT2D eigenvalue weighted by molar-refractivity contribution is 7.10. The normalized spacial score (nSPS) is 18.6. The topological polar surface area (TPSA) is 70.1 Å². The number of amides is 1. The molecule has 1 aliphatic heterocycles. The zero-order valence-electron chi connectivity index (χ0n) is 16.9. The van der Waals surface area contributed by atoms with Crippen LogP contribution in [0.15, 0.2) is 47.4 Å². The molecule has 0 spiro atoms. The fourth-order valence-corrected chi connectivity index (χ4v) is 4.12. The van der Waals surface area contributed by atoms with Crippen molar-refractivity contribution in [3.63, 3.8) is 0 Å². The van der Waals surface area contributed by atoms with Gasteiger partial charge in [-0.15, -0.1) is 11.3 Å². The van der Waals surface area contributed by atoms with Crippen LogP contribution in [0.5, 0.6) is 5.75 Å². The van der Waals surface area contributed by atoms with E-state index < -0.39 is 17.7 Å². The SMILES string of the molecule is CCCOc1cccc(C(O)=C2C(=O)C(=O)N(CCN(C)C)[C@H]2c2cccs2)c1. The lowest BCUT2D eigenvalue weighted by Gasteiger charge is -2.25. The number of ether oxygens (including phenoxy) is 1. The summed E-state index contributed by atoms with van der Waals surface area (Å²) in [7, 11) is 3.83. The molecule has 3 rings (SSSR count). The molecular formula is C22H26N2O4S. The molecule has 29 heavy (non-hydrogen) atoms. The molecule has 0 bridgehead atoms. The number of aliphatic hydroxyl groups is 1. The Morgan fingerprint density at radius 2 is 2.03 bits per heavy atom. The fraction of sp³-hybridized carbons (Fsp3) is 0.364. The fourth-order valence-electron chi connectivity index (χ4n) is 3.27. The number of hydrogen-bond donors (Lipinski definition) is 1. The third kappa shape index (κ3) is 4.52. The lowest BCUT2D eigenvalue weighted by atomic mass is 9.99. The number of thiophene rings is 1. The number of ketones is 1. The van der Waals surface area contributed by atoms with Crippen molar-refractivity contribution in [3.05, 3.63) is 57.8 Å². The number of hydrogen-bond acceptors (Lipinski definition) is 6. The molecule has 154 valence electrons. The van der Waals surface area contributed by atoms with E-state index in [4.69, 9.17) is 4.74 Å². The molecule has 1 amide bonds. The Balaban J connectivity index is 2.04. The van der Waals surface area contributed by atoms with E-state index in [9.17, 15) is 14.7 Å². The van der Waals surface area contributed by atoms with Crippen molar-refractivity contribution >= 4 is 28.8 Å². The van der Waals surface area contributed by atoms with Gasteiger partial charge in [0.25, 0.3) is 11.7 Å². The van der Waals surface area contributed by atoms with Crippen molar-refractivity contribution in [2.75, 3.05) is 33.8 Å². The molecule has 6 nitrogen and oxygen atoms in total. The molecule has 0 saturated carbocycles. The van der Waals surface area contributed by atoms with E-state index >= 15 is 0 Å². The van der Waals surface area contributed by atoms with Crippen LogP contribution in [0.2, 0.25) is 0 Å². The van der Waals surface area contributed by atoms with Crippen LogP contribution in [0.1, 0.15) is 29.8 Å². The third-order valence-corrected chi connectivity index (χ3v) is 5.65. The van der Waals surface area contributed by atoms with Gasteiger partial charge < -0.3 is 19.6 Å². The van der Waals surface area contributed by atoms with Crippen LogP contribution in [-0.2, 0) is 9.59 Å². The molecule has 1 N–H and O–H groups in total. The summed E-state index contributed by atoms with van der Waals surface area (Å²) in [5.41, 5.74) is 0.592. The number of carbonyl (C=O) groups excluding carboxylic acids is 2. The molecule has 0 aliphatic carbocycles. The van der Waals surface area contributed by atoms with Crippen molar-refractivity contribution in [2.24, 2.45) is 0 Å². The number of Topliss-reactive ketones (excluding diaryl/α,β-unsaturated/α-hetero) is 1. The van der Waals surface area contributed by atoms with E-state index in [1.807, 2.05) is 43.4 Å². The second-order valence-corrected chi connectivity index (χ2v) is 8.17. The minimum atomic E-state index is -0.653. The summed E-state index contributed by atoms with van der Waals surface area (Å²) in [4.78, 5) is 30.0. The van der Waals surface area contributed by atoms with Gasteiger partial charge in [-0.25, -0.2) is 0 Å². The van der Waals surface area contributed by atoms with Crippen LogP contribution < -0.4 is 4.74 Å². The molecule has 1 atom stereocenters. The Bertz CT molecular complexity index is 905. The highest BCUT2D eigenvalue weighted by Crippen LogP contribution is 2.41. The summed E-state index contributed by atoms with van der Waals surface area (Å²) < 4.78 is 5.64. The summed E-state index contributed by atoms with van der Waals surface area (Å²) in [5.74, 6) is -0.786. The Morgan fingerprint density at radius 3 is 2.69 bits per heavy atom. The molecule has 0 radical (unpaired) electrons. The standard InChI is InChI=1S/C22H26N2O4S/c1-4-12-28-16-8-5-7-15(14-16)20(25)18-19(17-9-6-13-29-17)24(11-10-23(2)3)22(27)21(18)26/h5-9,13-14,19,25H,4,10-12H2,1-3H3/t19-/m0/s1. The molecule has 2 heterocycles. The molecule has 0 unspecified atom stereocenters. The molecule has 7 heteroatoms. The second-order valence-electron chi connectivity index (χ2n) is 7.19. The quantitative estimate of drug-likeness (QED) is 0.407. The van der Waals surface area contributed by atoms with Crippen molar-refractivity contribution in [1.82, 2.24) is 9.80 Å². The smallest absolute Gasteiger partial charge is 0.295 e. The Hall–Kier alpha value is -2.64. The van der Waals surface area contributed by atoms with Crippen LogP contribution in [0.4, 0.5) is 0 Å². The van der Waals surface area contributed by atoms with Gasteiger partial charge in [-0.3, -0.25) is 9.59 Å². The molecule has 1 fully saturated rings. The van der Waals surface area contributed by atoms with Crippen molar-refractivity contribution in [3.8, 4) is 5.75 Å². The Labute approximate surface area is 175 Å². The van der Waals surface area contributed by atoms with Crippen LogP contribution in [-0.4, -0.2) is 60.4 Å². The summed E-state index contributed by atoms with van der Waals surface area (Å²) in [5, 5.41) is 12.9. The molecule has 2 aromatic rings. The minimum Gasteiger partial charge on any atom is -0.507 e. The number of rotatable bonds is 8. The van der Waals surface area contributed by atoms with E-state index in [2.05, 4.69) is 0 Å². The third-order valence-electron chi connectivity index (χ3n) is 4.72. The van der Waals surface area contributed by atoms with E-state index in [1.165, 1.54) is 11.3 Å². The molecule has 1 aromatic carbocycles. The highest BCUT2D eigenvalue weighted by atomic mass is 32.1. The number of likely N-dealkylation sites (N-methyl/N-ethyl adjacent to an activating group) is 1. The Kier molecular flexibility index (Phi) is 6.71. The number of carbonyl (C=O) groups is 2. The first-order valence-electron chi connectivity index (χ1n) is 9.63. The average molecular weight is 415 g/mol. The number of nitrogens with zero attached hydrogens (tertiary/aromatic N) is 2. The van der Waals surface area contributed by atoms with Crippen molar-refractivity contribution < 1.29 is 19.4 Å². The second kappa shape index (κ2) is 9.24. The van der Waals surface area contributed by atoms with Crippen molar-refractivity contribution in [1.29, 1.82) is 0 Å². The monoisotopic (exact) mass is 414 g/mol. The number of benzene rings is 1. The van der Waals surface area contributed by atoms with Gasteiger partial charge in [-0.1, -0.05) is 25.1 Å². The van der Waals surface area contributed by atoms with Crippen molar-refractivity contribution in [2.45, 2.75) is 19.4 Å². The van der Waals surface area contributed by atoms with E-state index in [0.29, 0.717) is 31.0 Å². The largest absolute Gasteiger partial charge is 0.507 e. The number of aliphatic hydroxyl groups excluding tert-OH is 1. The van der Waals surface area contributed by atoms with Crippen LogP contribution in [0.25, 0.3) is 5.76 Å². The lowest BCUT2D eigenvalue weighted by Crippen LogP contribution is -2.35. The minimum absolute atomic E-state index is 0.129. The lowest BCUT2D eigenvalue weighted by molar-refractivity contribution is -0.140. The average Bonchev–Trinajstić information content (AvgIpc) is 3.32. The van der Waals surface area contributed by atoms with Gasteiger partial charge in [0, 0.05) is 23.5 Å². The maximum Gasteiger partial charge on any atom is 0.295 e. The first-order valence-corrected chi connectivity index (χ1v) is 10.5. The van der Waals surface area contributed by atoms with Gasteiger partial charge in [0.1, 0.15) is 11.5 Å². The molecule has 1 saturated heterocycles. The van der Waals surface area contributed by atoms with Gasteiger partial charge >= 0.3 is 0 Å². The summed E-state index contributed by atoms with van der Waals surface area (Å²) in [6, 6.07) is 10.2. The summed E-state index contributed by atoms with van der Waals surface area (Å²) in [6.45, 7) is 3.60. The number of likely N-dealkylation sites (tertiary alicyclic amines) is 1. The van der Waals surface area contributed by atoms with Gasteiger partial charge in [0.2, 0.25) is 0 Å².